The molecule has 25 heavy (non-hydrogen) atoms. The molecule has 0 radical (unpaired) electrons. The molecule has 0 aliphatic heterocycles. The molecule has 0 aliphatic carbocycles. The van der Waals surface area contributed by atoms with Gasteiger partial charge in [0.1, 0.15) is 12.4 Å². The van der Waals surface area contributed by atoms with Crippen molar-refractivity contribution in [3.05, 3.63) is 69.7 Å². The van der Waals surface area contributed by atoms with Crippen LogP contribution in [0.3, 0.4) is 0 Å². The van der Waals surface area contributed by atoms with E-state index in [0.29, 0.717) is 17.7 Å². The number of nitrogen functional groups attached to an aromatic ring is 2. The van der Waals surface area contributed by atoms with Gasteiger partial charge in [-0.2, -0.15) is 5.10 Å². The van der Waals surface area contributed by atoms with Crippen molar-refractivity contribution in [1.29, 1.82) is 0 Å². The molecule has 0 saturated heterocycles. The van der Waals surface area contributed by atoms with Crippen molar-refractivity contribution in [2.45, 2.75) is 13.0 Å². The summed E-state index contributed by atoms with van der Waals surface area (Å²) in [5.41, 5.74) is 13.7. The van der Waals surface area contributed by atoms with E-state index < -0.39 is 5.82 Å². The molecule has 0 saturated carbocycles. The zero-order valence-corrected chi connectivity index (χ0v) is 15.3. The third kappa shape index (κ3) is 3.93. The van der Waals surface area contributed by atoms with Crippen LogP contribution in [0.5, 0.6) is 5.75 Å². The number of aromatic nitrogens is 2. The Balaban J connectivity index is 1.91. The average Bonchev–Trinajstić information content (AvgIpc) is 3.01. The van der Waals surface area contributed by atoms with Gasteiger partial charge < -0.3 is 16.2 Å². The average molecular weight is 405 g/mol. The Bertz CT molecular complexity index is 893. The molecular weight excluding hydrogens is 387 g/mol. The van der Waals surface area contributed by atoms with Crippen molar-refractivity contribution in [3.63, 3.8) is 0 Å². The lowest BCUT2D eigenvalue weighted by Crippen LogP contribution is -2.07. The fraction of sp³-hybridized carbons (Fsp3) is 0.167. The highest BCUT2D eigenvalue weighted by molar-refractivity contribution is 9.10. The van der Waals surface area contributed by atoms with Crippen molar-refractivity contribution in [2.75, 3.05) is 11.5 Å². The third-order valence-corrected chi connectivity index (χ3v) is 4.36. The van der Waals surface area contributed by atoms with Crippen molar-refractivity contribution < 1.29 is 9.13 Å². The molecule has 2 aromatic carbocycles. The number of anilines is 2. The fourth-order valence-electron chi connectivity index (χ4n) is 2.50. The third-order valence-electron chi connectivity index (χ3n) is 3.84. The van der Waals surface area contributed by atoms with E-state index in [0.717, 1.165) is 15.7 Å². The van der Waals surface area contributed by atoms with Crippen LogP contribution < -0.4 is 16.2 Å². The minimum Gasteiger partial charge on any atom is -0.487 e. The highest BCUT2D eigenvalue weighted by Crippen LogP contribution is 2.33. The SMILES string of the molecule is Cn1ccc(COc2cc(N)c(N)c(F)c2Cc2ccc(Br)cc2)n1. The second kappa shape index (κ2) is 7.14. The summed E-state index contributed by atoms with van der Waals surface area (Å²) >= 11 is 3.39. The molecule has 0 unspecified atom stereocenters. The molecule has 0 fully saturated rings. The predicted molar refractivity (Wildman–Crippen MR) is 99.7 cm³/mol. The van der Waals surface area contributed by atoms with Crippen LogP contribution in [0.15, 0.2) is 47.1 Å². The summed E-state index contributed by atoms with van der Waals surface area (Å²) in [4.78, 5) is 0. The van der Waals surface area contributed by atoms with Gasteiger partial charge >= 0.3 is 0 Å². The zero-order chi connectivity index (χ0) is 18.0. The molecule has 0 amide bonds. The number of benzene rings is 2. The van der Waals surface area contributed by atoms with E-state index in [2.05, 4.69) is 21.0 Å². The number of halogens is 2. The summed E-state index contributed by atoms with van der Waals surface area (Å²) in [6.45, 7) is 0.219. The maximum absolute atomic E-state index is 14.7. The lowest BCUT2D eigenvalue weighted by Gasteiger charge is -2.15. The molecule has 1 heterocycles. The number of aryl methyl sites for hydroxylation is 1. The molecule has 7 heteroatoms. The predicted octanol–water partition coefficient (Wildman–Crippen LogP) is 3.66. The molecule has 0 aliphatic rings. The maximum atomic E-state index is 14.7. The summed E-state index contributed by atoms with van der Waals surface area (Å²) in [7, 11) is 1.82. The minimum absolute atomic E-state index is 0.0581. The van der Waals surface area contributed by atoms with Crippen LogP contribution in [0.4, 0.5) is 15.8 Å². The van der Waals surface area contributed by atoms with E-state index in [1.165, 1.54) is 0 Å². The topological polar surface area (TPSA) is 79.1 Å². The first-order chi connectivity index (χ1) is 11.9. The molecule has 3 rings (SSSR count). The molecule has 0 atom stereocenters. The molecule has 5 nitrogen and oxygen atoms in total. The Kier molecular flexibility index (Phi) is 4.94. The Hall–Kier alpha value is -2.54. The van der Waals surface area contributed by atoms with Gasteiger partial charge in [-0.05, 0) is 23.8 Å². The molecule has 1 aromatic heterocycles. The second-order valence-electron chi connectivity index (χ2n) is 5.74. The van der Waals surface area contributed by atoms with Crippen LogP contribution in [0.25, 0.3) is 0 Å². The van der Waals surface area contributed by atoms with E-state index in [1.54, 1.807) is 10.7 Å². The van der Waals surface area contributed by atoms with Crippen molar-refractivity contribution in [3.8, 4) is 5.75 Å². The molecule has 130 valence electrons. The molecule has 0 spiro atoms. The monoisotopic (exact) mass is 404 g/mol. The van der Waals surface area contributed by atoms with Crippen LogP contribution >= 0.6 is 15.9 Å². The van der Waals surface area contributed by atoms with Gasteiger partial charge in [0, 0.05) is 35.8 Å². The maximum Gasteiger partial charge on any atom is 0.155 e. The van der Waals surface area contributed by atoms with Gasteiger partial charge in [0.25, 0.3) is 0 Å². The lowest BCUT2D eigenvalue weighted by atomic mass is 10.0. The first-order valence-corrected chi connectivity index (χ1v) is 8.45. The van der Waals surface area contributed by atoms with Gasteiger partial charge in [0.15, 0.2) is 5.82 Å². The smallest absolute Gasteiger partial charge is 0.155 e. The van der Waals surface area contributed by atoms with Gasteiger partial charge in [0.2, 0.25) is 0 Å². The fourth-order valence-corrected chi connectivity index (χ4v) is 2.76. The summed E-state index contributed by atoms with van der Waals surface area (Å²) in [5, 5.41) is 4.25. The van der Waals surface area contributed by atoms with Gasteiger partial charge in [-0.3, -0.25) is 4.68 Å². The van der Waals surface area contributed by atoms with Gasteiger partial charge in [-0.25, -0.2) is 4.39 Å². The van der Waals surface area contributed by atoms with Crippen LogP contribution in [0.2, 0.25) is 0 Å². The number of hydrogen-bond acceptors (Lipinski definition) is 4. The number of hydrogen-bond donors (Lipinski definition) is 2. The second-order valence-corrected chi connectivity index (χ2v) is 6.66. The highest BCUT2D eigenvalue weighted by atomic mass is 79.9. The van der Waals surface area contributed by atoms with Gasteiger partial charge in [0.05, 0.1) is 17.1 Å². The first-order valence-electron chi connectivity index (χ1n) is 7.66. The standard InChI is InChI=1S/C18H18BrFN4O/c1-24-7-6-13(23-24)10-25-16-9-15(21)18(22)17(20)14(16)8-11-2-4-12(19)5-3-11/h2-7,9H,8,10,21-22H2,1H3. The van der Waals surface area contributed by atoms with Crippen molar-refractivity contribution >= 4 is 27.3 Å². The number of rotatable bonds is 5. The quantitative estimate of drug-likeness (QED) is 0.635. The summed E-state index contributed by atoms with van der Waals surface area (Å²) in [6, 6.07) is 11.0. The first kappa shape index (κ1) is 17.3. The van der Waals surface area contributed by atoms with E-state index in [4.69, 9.17) is 16.2 Å². The van der Waals surface area contributed by atoms with Crippen LogP contribution in [0.1, 0.15) is 16.8 Å². The minimum atomic E-state index is -0.543. The molecule has 0 bridgehead atoms. The van der Waals surface area contributed by atoms with E-state index in [1.807, 2.05) is 43.6 Å². The zero-order valence-electron chi connectivity index (χ0n) is 13.7. The lowest BCUT2D eigenvalue weighted by molar-refractivity contribution is 0.295. The summed E-state index contributed by atoms with van der Waals surface area (Å²) in [5.74, 6) is -0.170. The highest BCUT2D eigenvalue weighted by Gasteiger charge is 2.17. The number of nitrogens with zero attached hydrogens (tertiary/aromatic N) is 2. The molecule has 3 aromatic rings. The number of ether oxygens (including phenoxy) is 1. The van der Waals surface area contributed by atoms with Crippen LogP contribution in [-0.2, 0) is 20.1 Å². The Morgan fingerprint density at radius 1 is 1.20 bits per heavy atom. The van der Waals surface area contributed by atoms with Crippen molar-refractivity contribution in [1.82, 2.24) is 9.78 Å². The van der Waals surface area contributed by atoms with E-state index in [9.17, 15) is 4.39 Å². The van der Waals surface area contributed by atoms with E-state index in [-0.39, 0.29) is 18.0 Å². The molecule has 4 N–H and O–H groups in total. The largest absolute Gasteiger partial charge is 0.487 e. The van der Waals surface area contributed by atoms with E-state index >= 15 is 0 Å². The van der Waals surface area contributed by atoms with Crippen LogP contribution in [0, 0.1) is 5.82 Å². The summed E-state index contributed by atoms with van der Waals surface area (Å²) in [6.07, 6.45) is 2.17. The number of nitrogens with two attached hydrogens (primary N) is 2. The Morgan fingerprint density at radius 3 is 2.56 bits per heavy atom. The normalized spacial score (nSPS) is 10.8. The van der Waals surface area contributed by atoms with Crippen LogP contribution in [-0.4, -0.2) is 9.78 Å². The van der Waals surface area contributed by atoms with Gasteiger partial charge in [-0.1, -0.05) is 28.1 Å². The Labute approximate surface area is 153 Å². The molecular formula is C18H18BrFN4O. The van der Waals surface area contributed by atoms with Crippen molar-refractivity contribution in [2.24, 2.45) is 7.05 Å². The van der Waals surface area contributed by atoms with Gasteiger partial charge in [-0.15, -0.1) is 0 Å². The summed E-state index contributed by atoms with van der Waals surface area (Å²) < 4.78 is 23.1. The Morgan fingerprint density at radius 2 is 1.92 bits per heavy atom.